The van der Waals surface area contributed by atoms with Gasteiger partial charge in [0, 0.05) is 29.1 Å². The van der Waals surface area contributed by atoms with E-state index in [4.69, 9.17) is 4.42 Å². The van der Waals surface area contributed by atoms with Gasteiger partial charge in [-0.25, -0.2) is 0 Å². The lowest BCUT2D eigenvalue weighted by molar-refractivity contribution is 0.226. The Morgan fingerprint density at radius 1 is 1.05 bits per heavy atom. The number of benzene rings is 2. The minimum absolute atomic E-state index is 0.186. The first-order valence-corrected chi connectivity index (χ1v) is 6.97. The minimum Gasteiger partial charge on any atom is -0.456 e. The predicted octanol–water partition coefficient (Wildman–Crippen LogP) is 4.01. The largest absolute Gasteiger partial charge is 0.456 e. The molecular formula is C17H19NO2. The first-order chi connectivity index (χ1) is 9.69. The summed E-state index contributed by atoms with van der Waals surface area (Å²) in [4.78, 5) is 0. The Labute approximate surface area is 118 Å². The number of nitrogens with one attached hydrogen (secondary N) is 1. The normalized spacial score (nSPS) is 14.6. The highest BCUT2D eigenvalue weighted by atomic mass is 16.3. The van der Waals surface area contributed by atoms with Crippen molar-refractivity contribution in [1.29, 1.82) is 0 Å². The molecule has 3 rings (SSSR count). The van der Waals surface area contributed by atoms with Crippen molar-refractivity contribution in [2.24, 2.45) is 5.92 Å². The molecule has 1 heterocycles. The van der Waals surface area contributed by atoms with Gasteiger partial charge in [-0.05, 0) is 37.1 Å². The summed E-state index contributed by atoms with van der Waals surface area (Å²) in [5.41, 5.74) is 2.87. The van der Waals surface area contributed by atoms with Gasteiger partial charge < -0.3 is 14.8 Å². The number of aliphatic hydroxyl groups is 1. The van der Waals surface area contributed by atoms with E-state index in [0.717, 1.165) is 27.6 Å². The third kappa shape index (κ3) is 2.25. The van der Waals surface area contributed by atoms with Gasteiger partial charge in [-0.15, -0.1) is 0 Å². The molecule has 20 heavy (non-hydrogen) atoms. The number of furan rings is 1. The molecule has 0 aliphatic heterocycles. The SMILES string of the molecule is CC(CO)C(C)Nc1ccc2oc3ccccc3c2c1. The zero-order chi connectivity index (χ0) is 14.1. The highest BCUT2D eigenvalue weighted by Gasteiger charge is 2.12. The number of aliphatic hydroxyl groups excluding tert-OH is 1. The van der Waals surface area contributed by atoms with Crippen molar-refractivity contribution in [3.8, 4) is 0 Å². The molecule has 0 fully saturated rings. The molecule has 0 spiro atoms. The third-order valence-electron chi connectivity index (χ3n) is 3.91. The van der Waals surface area contributed by atoms with Crippen LogP contribution in [0.5, 0.6) is 0 Å². The van der Waals surface area contributed by atoms with Crippen LogP contribution in [-0.2, 0) is 0 Å². The van der Waals surface area contributed by atoms with Crippen LogP contribution in [0, 0.1) is 5.92 Å². The molecule has 0 radical (unpaired) electrons. The third-order valence-corrected chi connectivity index (χ3v) is 3.91. The Hall–Kier alpha value is -2.00. The van der Waals surface area contributed by atoms with Gasteiger partial charge in [0.25, 0.3) is 0 Å². The highest BCUT2D eigenvalue weighted by molar-refractivity contribution is 6.05. The van der Waals surface area contributed by atoms with E-state index >= 15 is 0 Å². The van der Waals surface area contributed by atoms with Crippen LogP contribution in [0.3, 0.4) is 0 Å². The Balaban J connectivity index is 1.99. The van der Waals surface area contributed by atoms with Gasteiger partial charge in [0.15, 0.2) is 0 Å². The van der Waals surface area contributed by atoms with Crippen molar-refractivity contribution in [2.45, 2.75) is 19.9 Å². The summed E-state index contributed by atoms with van der Waals surface area (Å²) in [5, 5.41) is 14.9. The van der Waals surface area contributed by atoms with E-state index in [1.165, 1.54) is 0 Å². The van der Waals surface area contributed by atoms with Gasteiger partial charge in [-0.2, -0.15) is 0 Å². The molecule has 0 bridgehead atoms. The molecule has 2 aromatic carbocycles. The molecule has 0 saturated carbocycles. The molecule has 0 amide bonds. The van der Waals surface area contributed by atoms with E-state index in [9.17, 15) is 5.11 Å². The molecular weight excluding hydrogens is 250 g/mol. The van der Waals surface area contributed by atoms with Gasteiger partial charge in [-0.1, -0.05) is 25.1 Å². The Morgan fingerprint density at radius 2 is 1.80 bits per heavy atom. The van der Waals surface area contributed by atoms with Crippen LogP contribution >= 0.6 is 0 Å². The molecule has 0 saturated heterocycles. The second kappa shape index (κ2) is 5.17. The number of hydrogen-bond donors (Lipinski definition) is 2. The van der Waals surface area contributed by atoms with Gasteiger partial charge in [-0.3, -0.25) is 0 Å². The summed E-state index contributed by atoms with van der Waals surface area (Å²) in [7, 11) is 0. The molecule has 0 aliphatic rings. The zero-order valence-electron chi connectivity index (χ0n) is 11.8. The van der Waals surface area contributed by atoms with E-state index in [1.54, 1.807) is 0 Å². The maximum absolute atomic E-state index is 9.21. The smallest absolute Gasteiger partial charge is 0.135 e. The van der Waals surface area contributed by atoms with Crippen LogP contribution in [0.1, 0.15) is 13.8 Å². The molecule has 1 aromatic heterocycles. The molecule has 2 N–H and O–H groups in total. The molecule has 3 heteroatoms. The molecule has 3 aromatic rings. The average molecular weight is 269 g/mol. The monoisotopic (exact) mass is 269 g/mol. The first kappa shape index (κ1) is 13.0. The van der Waals surface area contributed by atoms with Crippen LogP contribution in [-0.4, -0.2) is 17.8 Å². The van der Waals surface area contributed by atoms with Crippen LogP contribution in [0.4, 0.5) is 5.69 Å². The fourth-order valence-corrected chi connectivity index (χ4v) is 2.38. The molecule has 3 nitrogen and oxygen atoms in total. The fraction of sp³-hybridized carbons (Fsp3) is 0.294. The van der Waals surface area contributed by atoms with Crippen LogP contribution < -0.4 is 5.32 Å². The van der Waals surface area contributed by atoms with Crippen molar-refractivity contribution in [2.75, 3.05) is 11.9 Å². The van der Waals surface area contributed by atoms with E-state index in [1.807, 2.05) is 37.3 Å². The molecule has 104 valence electrons. The number of hydrogen-bond acceptors (Lipinski definition) is 3. The summed E-state index contributed by atoms with van der Waals surface area (Å²) < 4.78 is 5.81. The lowest BCUT2D eigenvalue weighted by Crippen LogP contribution is -2.26. The summed E-state index contributed by atoms with van der Waals surface area (Å²) in [6.07, 6.45) is 0. The van der Waals surface area contributed by atoms with Gasteiger partial charge in [0.1, 0.15) is 11.2 Å². The van der Waals surface area contributed by atoms with E-state index < -0.39 is 0 Å². The Morgan fingerprint density at radius 3 is 2.60 bits per heavy atom. The molecule has 0 aliphatic carbocycles. The number of anilines is 1. The van der Waals surface area contributed by atoms with Crippen LogP contribution in [0.2, 0.25) is 0 Å². The lowest BCUT2D eigenvalue weighted by atomic mass is 10.0. The summed E-state index contributed by atoms with van der Waals surface area (Å²) in [6.45, 7) is 4.30. The highest BCUT2D eigenvalue weighted by Crippen LogP contribution is 2.30. The quantitative estimate of drug-likeness (QED) is 0.752. The Bertz CT molecular complexity index is 732. The van der Waals surface area contributed by atoms with Crippen molar-refractivity contribution < 1.29 is 9.52 Å². The summed E-state index contributed by atoms with van der Waals surface area (Å²) in [6, 6.07) is 14.4. The minimum atomic E-state index is 0.186. The number of fused-ring (bicyclic) bond motifs is 3. The van der Waals surface area contributed by atoms with Crippen molar-refractivity contribution in [3.63, 3.8) is 0 Å². The topological polar surface area (TPSA) is 45.4 Å². The van der Waals surface area contributed by atoms with Gasteiger partial charge >= 0.3 is 0 Å². The number of rotatable bonds is 4. The summed E-state index contributed by atoms with van der Waals surface area (Å²) in [5.74, 6) is 0.215. The van der Waals surface area contributed by atoms with Crippen molar-refractivity contribution >= 4 is 27.6 Å². The molecule has 2 unspecified atom stereocenters. The standard InChI is InChI=1S/C17H19NO2/c1-11(10-19)12(2)18-13-7-8-17-15(9-13)14-5-3-4-6-16(14)20-17/h3-9,11-12,18-19H,10H2,1-2H3. The maximum Gasteiger partial charge on any atom is 0.135 e. The Kier molecular flexibility index (Phi) is 3.36. The van der Waals surface area contributed by atoms with E-state index in [-0.39, 0.29) is 18.6 Å². The van der Waals surface area contributed by atoms with Gasteiger partial charge in [0.05, 0.1) is 0 Å². The summed E-state index contributed by atoms with van der Waals surface area (Å²) >= 11 is 0. The predicted molar refractivity (Wildman–Crippen MR) is 83.1 cm³/mol. The average Bonchev–Trinajstić information content (AvgIpc) is 2.84. The van der Waals surface area contributed by atoms with Crippen LogP contribution in [0.15, 0.2) is 46.9 Å². The van der Waals surface area contributed by atoms with Gasteiger partial charge in [0.2, 0.25) is 0 Å². The molecule has 2 atom stereocenters. The van der Waals surface area contributed by atoms with E-state index in [2.05, 4.69) is 24.4 Å². The van der Waals surface area contributed by atoms with E-state index in [0.29, 0.717) is 0 Å². The zero-order valence-corrected chi connectivity index (χ0v) is 11.8. The second-order valence-electron chi connectivity index (χ2n) is 5.40. The van der Waals surface area contributed by atoms with Crippen LogP contribution in [0.25, 0.3) is 21.9 Å². The van der Waals surface area contributed by atoms with Crippen molar-refractivity contribution in [1.82, 2.24) is 0 Å². The maximum atomic E-state index is 9.21. The van der Waals surface area contributed by atoms with Crippen molar-refractivity contribution in [3.05, 3.63) is 42.5 Å². The number of para-hydroxylation sites is 1. The first-order valence-electron chi connectivity index (χ1n) is 6.97. The fourth-order valence-electron chi connectivity index (χ4n) is 2.38. The lowest BCUT2D eigenvalue weighted by Gasteiger charge is -2.20. The second-order valence-corrected chi connectivity index (χ2v) is 5.40.